The maximum atomic E-state index is 4.42. The van der Waals surface area contributed by atoms with Gasteiger partial charge in [0.15, 0.2) is 0 Å². The molecule has 0 aliphatic heterocycles. The van der Waals surface area contributed by atoms with E-state index >= 15 is 0 Å². The lowest BCUT2D eigenvalue weighted by molar-refractivity contribution is 0.707. The van der Waals surface area contributed by atoms with Gasteiger partial charge in [0.1, 0.15) is 0 Å². The minimum absolute atomic E-state index is 1.03. The van der Waals surface area contributed by atoms with Crippen molar-refractivity contribution in [2.24, 2.45) is 0 Å². The second-order valence-electron chi connectivity index (χ2n) is 5.57. The van der Waals surface area contributed by atoms with Gasteiger partial charge in [-0.25, -0.2) is 0 Å². The first kappa shape index (κ1) is 14.8. The third kappa shape index (κ3) is 2.65. The van der Waals surface area contributed by atoms with Crippen molar-refractivity contribution in [1.29, 1.82) is 0 Å². The predicted octanol–water partition coefficient (Wildman–Crippen LogP) is 6.21. The van der Waals surface area contributed by atoms with E-state index < -0.39 is 0 Å². The Balaban J connectivity index is 2.55. The first-order valence-electron chi connectivity index (χ1n) is 7.85. The van der Waals surface area contributed by atoms with Crippen molar-refractivity contribution < 1.29 is 0 Å². The molecule has 106 valence electrons. The lowest BCUT2D eigenvalue weighted by atomic mass is 9.92. The van der Waals surface area contributed by atoms with Crippen LogP contribution in [-0.2, 0) is 0 Å². The van der Waals surface area contributed by atoms with Gasteiger partial charge in [0.25, 0.3) is 0 Å². The van der Waals surface area contributed by atoms with Crippen LogP contribution in [0.3, 0.4) is 0 Å². The van der Waals surface area contributed by atoms with Crippen molar-refractivity contribution in [3.05, 3.63) is 70.9 Å². The Morgan fingerprint density at radius 1 is 1.15 bits per heavy atom. The predicted molar refractivity (Wildman–Crippen MR) is 89.7 cm³/mol. The molecule has 0 heteroatoms. The maximum Gasteiger partial charge on any atom is -0.00798 e. The molecular weight excluding hydrogens is 240 g/mol. The topological polar surface area (TPSA) is 0 Å². The van der Waals surface area contributed by atoms with Crippen LogP contribution in [0, 0.1) is 0 Å². The highest BCUT2D eigenvalue weighted by Gasteiger charge is 2.28. The van der Waals surface area contributed by atoms with E-state index in [2.05, 4.69) is 45.2 Å². The van der Waals surface area contributed by atoms with E-state index in [1.165, 1.54) is 60.0 Å². The highest BCUT2D eigenvalue weighted by molar-refractivity contribution is 5.72. The molecule has 0 aromatic rings. The molecule has 2 rings (SSSR count). The van der Waals surface area contributed by atoms with Crippen LogP contribution in [0.25, 0.3) is 0 Å². The lowest BCUT2D eigenvalue weighted by Gasteiger charge is -2.12. The summed E-state index contributed by atoms with van der Waals surface area (Å²) in [5, 5.41) is 0. The first-order valence-corrected chi connectivity index (χ1v) is 7.85. The molecule has 0 radical (unpaired) electrons. The zero-order chi connectivity index (χ0) is 14.5. The summed E-state index contributed by atoms with van der Waals surface area (Å²) in [6, 6.07) is 0. The molecule has 0 saturated heterocycles. The monoisotopic (exact) mass is 266 g/mol. The zero-order valence-corrected chi connectivity index (χ0v) is 13.0. The molecule has 0 heterocycles. The van der Waals surface area contributed by atoms with Crippen LogP contribution in [0.5, 0.6) is 0 Å². The van der Waals surface area contributed by atoms with Crippen LogP contribution < -0.4 is 0 Å². The fourth-order valence-corrected chi connectivity index (χ4v) is 3.41. The largest absolute Gasteiger partial charge is 0.0991 e. The van der Waals surface area contributed by atoms with Crippen molar-refractivity contribution in [2.75, 3.05) is 0 Å². The van der Waals surface area contributed by atoms with E-state index in [1.54, 1.807) is 5.57 Å². The quantitative estimate of drug-likeness (QED) is 0.530. The third-order valence-electron chi connectivity index (χ3n) is 4.33. The van der Waals surface area contributed by atoms with Gasteiger partial charge in [-0.2, -0.15) is 0 Å². The molecule has 20 heavy (non-hydrogen) atoms. The van der Waals surface area contributed by atoms with Crippen LogP contribution in [0.1, 0.15) is 52.4 Å². The molecule has 0 amide bonds. The summed E-state index contributed by atoms with van der Waals surface area (Å²) in [5.41, 5.74) is 8.51. The minimum Gasteiger partial charge on any atom is -0.0991 e. The number of rotatable bonds is 4. The van der Waals surface area contributed by atoms with Gasteiger partial charge < -0.3 is 0 Å². The van der Waals surface area contributed by atoms with Crippen molar-refractivity contribution >= 4 is 0 Å². The average molecular weight is 266 g/mol. The highest BCUT2D eigenvalue weighted by Crippen LogP contribution is 2.46. The van der Waals surface area contributed by atoms with E-state index in [1.807, 2.05) is 6.08 Å². The smallest absolute Gasteiger partial charge is 0.00798 e. The van der Waals surface area contributed by atoms with Gasteiger partial charge in [-0.05, 0) is 72.5 Å². The normalized spacial score (nSPS) is 20.7. The van der Waals surface area contributed by atoms with E-state index in [4.69, 9.17) is 0 Å². The Kier molecular flexibility index (Phi) is 5.00. The molecule has 0 spiro atoms. The van der Waals surface area contributed by atoms with Gasteiger partial charge in [-0.1, -0.05) is 50.8 Å². The molecule has 0 N–H and O–H groups in total. The number of hydrogen-bond donors (Lipinski definition) is 0. The van der Waals surface area contributed by atoms with Gasteiger partial charge >= 0.3 is 0 Å². The Hall–Kier alpha value is -1.56. The summed E-state index contributed by atoms with van der Waals surface area (Å²) in [6.45, 7) is 12.6. The minimum atomic E-state index is 1.03. The van der Waals surface area contributed by atoms with Gasteiger partial charge in [0.2, 0.25) is 0 Å². The molecule has 0 unspecified atom stereocenters. The first-order chi connectivity index (χ1) is 9.74. The Bertz CT molecular complexity index is 532. The Morgan fingerprint density at radius 2 is 1.85 bits per heavy atom. The molecule has 0 bridgehead atoms. The standard InChI is InChI=1S/C20H26/c1-5-11-16(7-3)20-15(4)17-13-9-8-10-14-18(17)19(20)12-6-2/h5-6,11-12H,1,4,7-10,13-14H2,2-3H3/b12-6-,16-11-. The Morgan fingerprint density at radius 3 is 2.45 bits per heavy atom. The SMILES string of the molecule is C=C/C=C(/CC)C1=C(/C=C\C)C2=C(CCCCC2)C1=C. The van der Waals surface area contributed by atoms with Crippen LogP contribution in [0.15, 0.2) is 70.9 Å². The van der Waals surface area contributed by atoms with Crippen LogP contribution in [0.4, 0.5) is 0 Å². The number of hydrogen-bond acceptors (Lipinski definition) is 0. The van der Waals surface area contributed by atoms with Gasteiger partial charge in [0.05, 0.1) is 0 Å². The van der Waals surface area contributed by atoms with Crippen molar-refractivity contribution in [3.8, 4) is 0 Å². The summed E-state index contributed by atoms with van der Waals surface area (Å²) >= 11 is 0. The van der Waals surface area contributed by atoms with Crippen LogP contribution in [-0.4, -0.2) is 0 Å². The molecule has 2 aliphatic rings. The summed E-state index contributed by atoms with van der Waals surface area (Å²) in [6.07, 6.45) is 15.9. The van der Waals surface area contributed by atoms with Gasteiger partial charge in [-0.15, -0.1) is 0 Å². The van der Waals surface area contributed by atoms with Crippen LogP contribution >= 0.6 is 0 Å². The van der Waals surface area contributed by atoms with Gasteiger partial charge in [-0.3, -0.25) is 0 Å². The highest BCUT2D eigenvalue weighted by atomic mass is 14.3. The second kappa shape index (κ2) is 6.74. The second-order valence-corrected chi connectivity index (χ2v) is 5.57. The summed E-state index contributed by atoms with van der Waals surface area (Å²) < 4.78 is 0. The van der Waals surface area contributed by atoms with E-state index in [0.29, 0.717) is 0 Å². The molecule has 0 aromatic heterocycles. The van der Waals surface area contributed by atoms with E-state index in [-0.39, 0.29) is 0 Å². The molecule has 0 saturated carbocycles. The molecule has 0 nitrogen and oxygen atoms in total. The van der Waals surface area contributed by atoms with Crippen LogP contribution in [0.2, 0.25) is 0 Å². The zero-order valence-electron chi connectivity index (χ0n) is 13.0. The molecule has 2 aliphatic carbocycles. The van der Waals surface area contributed by atoms with Crippen molar-refractivity contribution in [3.63, 3.8) is 0 Å². The number of allylic oxidation sites excluding steroid dienone is 10. The summed E-state index contributed by atoms with van der Waals surface area (Å²) in [7, 11) is 0. The van der Waals surface area contributed by atoms with E-state index in [0.717, 1.165) is 6.42 Å². The average Bonchev–Trinajstić information content (AvgIpc) is 2.63. The third-order valence-corrected chi connectivity index (χ3v) is 4.33. The van der Waals surface area contributed by atoms with Gasteiger partial charge in [0, 0.05) is 0 Å². The molecule has 0 atom stereocenters. The summed E-state index contributed by atoms with van der Waals surface area (Å²) in [5.74, 6) is 0. The van der Waals surface area contributed by atoms with Crippen molar-refractivity contribution in [1.82, 2.24) is 0 Å². The fraction of sp³-hybridized carbons (Fsp3) is 0.400. The Labute approximate surface area is 124 Å². The van der Waals surface area contributed by atoms with Crippen molar-refractivity contribution in [2.45, 2.75) is 52.4 Å². The fourth-order valence-electron chi connectivity index (χ4n) is 3.41. The molecular formula is C20H26. The lowest BCUT2D eigenvalue weighted by Crippen LogP contribution is -1.94. The molecule has 0 aromatic carbocycles. The van der Waals surface area contributed by atoms with E-state index in [9.17, 15) is 0 Å². The molecule has 0 fully saturated rings. The summed E-state index contributed by atoms with van der Waals surface area (Å²) in [4.78, 5) is 0. The maximum absolute atomic E-state index is 4.42.